The van der Waals surface area contributed by atoms with Crippen LogP contribution in [0.15, 0.2) is 24.3 Å². The average Bonchev–Trinajstić information content (AvgIpc) is 2.82. The van der Waals surface area contributed by atoms with Crippen LogP contribution in [-0.4, -0.2) is 12.0 Å². The number of halogens is 2. The van der Waals surface area contributed by atoms with Crippen molar-refractivity contribution in [3.8, 4) is 0 Å². The Hall–Kier alpha value is -0.770. The fraction of sp³-hybridized carbons (Fsp3) is 0.438. The van der Waals surface area contributed by atoms with Crippen molar-refractivity contribution in [2.45, 2.75) is 38.6 Å². The number of alkyl halides is 1. The third kappa shape index (κ3) is 4.35. The molecule has 0 aromatic carbocycles. The van der Waals surface area contributed by atoms with Crippen LogP contribution < -0.4 is 4.90 Å². The molecule has 0 radical (unpaired) electrons. The minimum Gasteiger partial charge on any atom is -0.355 e. The first-order chi connectivity index (χ1) is 9.79. The number of aromatic nitrogens is 1. The Labute approximate surface area is 140 Å². The molecule has 0 spiro atoms. The van der Waals surface area contributed by atoms with Crippen LogP contribution in [0.2, 0.25) is 4.34 Å². The van der Waals surface area contributed by atoms with Gasteiger partial charge in [0.25, 0.3) is 0 Å². The topological polar surface area (TPSA) is 16.1 Å². The molecule has 21 heavy (non-hydrogen) atoms. The molecule has 2 heterocycles. The Morgan fingerprint density at radius 3 is 2.48 bits per heavy atom. The molecule has 2 rings (SSSR count). The fourth-order valence-electron chi connectivity index (χ4n) is 1.98. The van der Waals surface area contributed by atoms with Gasteiger partial charge in [-0.15, -0.1) is 22.9 Å². The fourth-order valence-corrected chi connectivity index (χ4v) is 3.27. The SMILES string of the molecule is CN(Cc1ccc(Cl)s1)c1cc(CCl)cc(C(C)(C)C)n1. The minimum absolute atomic E-state index is 0.00387. The molecule has 0 saturated heterocycles. The standard InChI is InChI=1S/C16H20Cl2N2S/c1-16(2,3)13-7-11(9-17)8-15(19-13)20(4)10-12-5-6-14(18)21-12/h5-8H,9-10H2,1-4H3. The smallest absolute Gasteiger partial charge is 0.129 e. The zero-order valence-corrected chi connectivity index (χ0v) is 15.1. The van der Waals surface area contributed by atoms with Crippen molar-refractivity contribution in [3.63, 3.8) is 0 Å². The van der Waals surface area contributed by atoms with Gasteiger partial charge >= 0.3 is 0 Å². The lowest BCUT2D eigenvalue weighted by molar-refractivity contribution is 0.567. The summed E-state index contributed by atoms with van der Waals surface area (Å²) in [5.41, 5.74) is 2.17. The van der Waals surface area contributed by atoms with Crippen LogP contribution in [0.5, 0.6) is 0 Å². The van der Waals surface area contributed by atoms with Gasteiger partial charge in [-0.25, -0.2) is 4.98 Å². The Bertz CT molecular complexity index is 617. The number of nitrogens with zero attached hydrogens (tertiary/aromatic N) is 2. The summed E-state index contributed by atoms with van der Waals surface area (Å²) < 4.78 is 0.816. The molecule has 0 unspecified atom stereocenters. The Kier molecular flexibility index (Phi) is 5.18. The molecule has 0 bridgehead atoms. The van der Waals surface area contributed by atoms with Gasteiger partial charge in [0.1, 0.15) is 5.82 Å². The van der Waals surface area contributed by atoms with Crippen LogP contribution in [0.4, 0.5) is 5.82 Å². The summed E-state index contributed by atoms with van der Waals surface area (Å²) in [6.45, 7) is 7.28. The summed E-state index contributed by atoms with van der Waals surface area (Å²) in [7, 11) is 2.04. The van der Waals surface area contributed by atoms with Gasteiger partial charge in [-0.3, -0.25) is 0 Å². The maximum atomic E-state index is 6.03. The molecule has 2 aromatic heterocycles. The van der Waals surface area contributed by atoms with E-state index in [0.29, 0.717) is 5.88 Å². The van der Waals surface area contributed by atoms with Gasteiger partial charge in [-0.2, -0.15) is 0 Å². The van der Waals surface area contributed by atoms with Crippen molar-refractivity contribution in [2.75, 3.05) is 11.9 Å². The van der Waals surface area contributed by atoms with Crippen LogP contribution >= 0.6 is 34.5 Å². The largest absolute Gasteiger partial charge is 0.355 e. The van der Waals surface area contributed by atoms with E-state index < -0.39 is 0 Å². The van der Waals surface area contributed by atoms with Crippen molar-refractivity contribution in [1.82, 2.24) is 4.98 Å². The van der Waals surface area contributed by atoms with Gasteiger partial charge in [0.05, 0.1) is 10.9 Å². The number of pyridine rings is 1. The van der Waals surface area contributed by atoms with Crippen LogP contribution in [0.1, 0.15) is 36.9 Å². The maximum Gasteiger partial charge on any atom is 0.129 e. The Balaban J connectivity index is 2.29. The molecule has 2 nitrogen and oxygen atoms in total. The lowest BCUT2D eigenvalue weighted by Crippen LogP contribution is -2.21. The predicted octanol–water partition coefficient (Wildman–Crippen LogP) is 5.47. The summed E-state index contributed by atoms with van der Waals surface area (Å²) >= 11 is 13.6. The summed E-state index contributed by atoms with van der Waals surface area (Å²) in [5.74, 6) is 1.44. The quantitative estimate of drug-likeness (QED) is 0.685. The molecule has 5 heteroatoms. The first-order valence-corrected chi connectivity index (χ1v) is 8.55. The third-order valence-corrected chi connectivity index (χ3v) is 4.73. The van der Waals surface area contributed by atoms with Gasteiger partial charge in [0.2, 0.25) is 0 Å². The summed E-state index contributed by atoms with van der Waals surface area (Å²) in [6.07, 6.45) is 0. The summed E-state index contributed by atoms with van der Waals surface area (Å²) in [5, 5.41) is 0. The van der Waals surface area contributed by atoms with Crippen molar-refractivity contribution in [2.24, 2.45) is 0 Å². The third-order valence-electron chi connectivity index (χ3n) is 3.21. The van der Waals surface area contributed by atoms with Crippen LogP contribution in [0.25, 0.3) is 0 Å². The molecule has 0 aliphatic rings. The predicted molar refractivity (Wildman–Crippen MR) is 93.9 cm³/mol. The minimum atomic E-state index is 0.00387. The van der Waals surface area contributed by atoms with E-state index in [1.165, 1.54) is 4.88 Å². The number of thiophene rings is 1. The number of rotatable bonds is 4. The second-order valence-electron chi connectivity index (χ2n) is 6.16. The molecular weight excluding hydrogens is 323 g/mol. The second kappa shape index (κ2) is 6.55. The molecule has 0 atom stereocenters. The van der Waals surface area contributed by atoms with E-state index in [1.807, 2.05) is 13.1 Å². The molecule has 114 valence electrons. The lowest BCUT2D eigenvalue weighted by Gasteiger charge is -2.23. The highest BCUT2D eigenvalue weighted by molar-refractivity contribution is 7.16. The van der Waals surface area contributed by atoms with Crippen LogP contribution in [-0.2, 0) is 17.8 Å². The lowest BCUT2D eigenvalue weighted by atomic mass is 9.91. The van der Waals surface area contributed by atoms with Gasteiger partial charge in [0.15, 0.2) is 0 Å². The van der Waals surface area contributed by atoms with E-state index in [1.54, 1.807) is 11.3 Å². The zero-order valence-electron chi connectivity index (χ0n) is 12.8. The van der Waals surface area contributed by atoms with Crippen LogP contribution in [0, 0.1) is 0 Å². The summed E-state index contributed by atoms with van der Waals surface area (Å²) in [6, 6.07) is 8.13. The second-order valence-corrected chi connectivity index (χ2v) is 8.23. The summed E-state index contributed by atoms with van der Waals surface area (Å²) in [4.78, 5) is 8.15. The van der Waals surface area contributed by atoms with E-state index in [2.05, 4.69) is 43.9 Å². The van der Waals surface area contributed by atoms with Gasteiger partial charge in [-0.05, 0) is 29.8 Å². The van der Waals surface area contributed by atoms with E-state index in [-0.39, 0.29) is 5.41 Å². The Morgan fingerprint density at radius 2 is 1.95 bits per heavy atom. The highest BCUT2D eigenvalue weighted by Gasteiger charge is 2.18. The van der Waals surface area contributed by atoms with Gasteiger partial charge in [-0.1, -0.05) is 32.4 Å². The molecule has 0 aliphatic carbocycles. The van der Waals surface area contributed by atoms with Gasteiger partial charge in [0, 0.05) is 28.9 Å². The highest BCUT2D eigenvalue weighted by atomic mass is 35.5. The average molecular weight is 343 g/mol. The van der Waals surface area contributed by atoms with E-state index >= 15 is 0 Å². The first-order valence-electron chi connectivity index (χ1n) is 6.82. The van der Waals surface area contributed by atoms with Gasteiger partial charge < -0.3 is 4.90 Å². The highest BCUT2D eigenvalue weighted by Crippen LogP contribution is 2.27. The number of anilines is 1. The molecular formula is C16H20Cl2N2S. The molecule has 2 aromatic rings. The maximum absolute atomic E-state index is 6.03. The molecule has 0 N–H and O–H groups in total. The van der Waals surface area contributed by atoms with Crippen LogP contribution in [0.3, 0.4) is 0 Å². The van der Waals surface area contributed by atoms with E-state index in [9.17, 15) is 0 Å². The Morgan fingerprint density at radius 1 is 1.24 bits per heavy atom. The molecule has 0 saturated carbocycles. The van der Waals surface area contributed by atoms with Crippen molar-refractivity contribution in [3.05, 3.63) is 44.7 Å². The van der Waals surface area contributed by atoms with Crippen molar-refractivity contribution >= 4 is 40.4 Å². The number of hydrogen-bond donors (Lipinski definition) is 0. The zero-order chi connectivity index (χ0) is 15.6. The van der Waals surface area contributed by atoms with Crippen molar-refractivity contribution < 1.29 is 0 Å². The normalized spacial score (nSPS) is 11.7. The monoisotopic (exact) mass is 342 g/mol. The number of hydrogen-bond acceptors (Lipinski definition) is 3. The van der Waals surface area contributed by atoms with E-state index in [0.717, 1.165) is 28.0 Å². The molecule has 0 aliphatic heterocycles. The first kappa shape index (κ1) is 16.6. The molecule has 0 fully saturated rings. The molecule has 0 amide bonds. The van der Waals surface area contributed by atoms with E-state index in [4.69, 9.17) is 28.2 Å². The van der Waals surface area contributed by atoms with Crippen molar-refractivity contribution in [1.29, 1.82) is 0 Å².